The topological polar surface area (TPSA) is 99.1 Å². The lowest BCUT2D eigenvalue weighted by molar-refractivity contribution is -0.140. The van der Waals surface area contributed by atoms with Gasteiger partial charge in [-0.05, 0) is 25.8 Å². The van der Waals surface area contributed by atoms with Crippen molar-refractivity contribution in [3.05, 3.63) is 11.6 Å². The van der Waals surface area contributed by atoms with E-state index >= 15 is 0 Å². The molecule has 0 spiro atoms. The first-order valence-corrected chi connectivity index (χ1v) is 9.63. The zero-order valence-corrected chi connectivity index (χ0v) is 14.8. The Morgan fingerprint density at radius 2 is 1.96 bits per heavy atom. The highest BCUT2D eigenvalue weighted by molar-refractivity contribution is 7.86. The van der Waals surface area contributed by atoms with Crippen LogP contribution in [0.1, 0.15) is 40.0 Å². The summed E-state index contributed by atoms with van der Waals surface area (Å²) in [5.74, 6) is -0.556. The molecule has 8 heteroatoms. The monoisotopic (exact) mass is 350 g/mol. The Bertz CT molecular complexity index is 522. The van der Waals surface area contributed by atoms with Gasteiger partial charge < -0.3 is 14.6 Å². The smallest absolute Gasteiger partial charge is 0.333 e. The maximum atomic E-state index is 12.0. The molecule has 0 aromatic carbocycles. The van der Waals surface area contributed by atoms with Gasteiger partial charge in [0, 0.05) is 12.0 Å². The van der Waals surface area contributed by atoms with Crippen molar-refractivity contribution in [1.82, 2.24) is 0 Å². The SMILES string of the molecule is CCOC(=O)C1=CC(OC(CC)CC)C(O)C(OS(C)(=O)=O)C1. The molecule has 134 valence electrons. The third-order valence-corrected chi connectivity index (χ3v) is 4.20. The van der Waals surface area contributed by atoms with E-state index in [-0.39, 0.29) is 24.7 Å². The standard InChI is InChI=1S/C15H26O7S/c1-5-11(6-2)21-12-8-10(15(17)20-7-3)9-13(14(12)16)22-23(4,18)19/h8,11-14,16H,5-7,9H2,1-4H3. The summed E-state index contributed by atoms with van der Waals surface area (Å²) < 4.78 is 38.4. The van der Waals surface area contributed by atoms with Gasteiger partial charge in [0.15, 0.2) is 0 Å². The van der Waals surface area contributed by atoms with Crippen LogP contribution >= 0.6 is 0 Å². The fourth-order valence-corrected chi connectivity index (χ4v) is 3.06. The van der Waals surface area contributed by atoms with Crippen LogP contribution < -0.4 is 0 Å². The van der Waals surface area contributed by atoms with Gasteiger partial charge in [-0.3, -0.25) is 4.18 Å². The van der Waals surface area contributed by atoms with E-state index in [4.69, 9.17) is 13.7 Å². The molecule has 3 unspecified atom stereocenters. The Hall–Kier alpha value is -0.960. The van der Waals surface area contributed by atoms with Crippen molar-refractivity contribution in [2.45, 2.75) is 64.4 Å². The number of ether oxygens (including phenoxy) is 2. The second-order valence-electron chi connectivity index (χ2n) is 5.49. The molecule has 1 rings (SSSR count). The van der Waals surface area contributed by atoms with Crippen LogP contribution in [0.3, 0.4) is 0 Å². The number of esters is 1. The van der Waals surface area contributed by atoms with Gasteiger partial charge in [0.25, 0.3) is 10.1 Å². The maximum absolute atomic E-state index is 12.0. The van der Waals surface area contributed by atoms with Gasteiger partial charge in [0.1, 0.15) is 18.3 Å². The first-order valence-electron chi connectivity index (χ1n) is 7.81. The van der Waals surface area contributed by atoms with Gasteiger partial charge in [-0.25, -0.2) is 4.79 Å². The van der Waals surface area contributed by atoms with Crippen molar-refractivity contribution >= 4 is 16.1 Å². The molecule has 0 aromatic rings. The van der Waals surface area contributed by atoms with Gasteiger partial charge in [-0.15, -0.1) is 0 Å². The van der Waals surface area contributed by atoms with E-state index in [0.29, 0.717) is 0 Å². The predicted octanol–water partition coefficient (Wildman–Crippen LogP) is 1.16. The van der Waals surface area contributed by atoms with E-state index in [1.165, 1.54) is 6.08 Å². The van der Waals surface area contributed by atoms with E-state index in [9.17, 15) is 18.3 Å². The molecule has 0 fully saturated rings. The molecule has 7 nitrogen and oxygen atoms in total. The highest BCUT2D eigenvalue weighted by atomic mass is 32.2. The molecule has 1 aliphatic rings. The van der Waals surface area contributed by atoms with Crippen molar-refractivity contribution in [2.24, 2.45) is 0 Å². The molecule has 0 radical (unpaired) electrons. The summed E-state index contributed by atoms with van der Waals surface area (Å²) in [4.78, 5) is 12.0. The molecule has 0 saturated carbocycles. The fraction of sp³-hybridized carbons (Fsp3) is 0.800. The number of hydrogen-bond acceptors (Lipinski definition) is 7. The maximum Gasteiger partial charge on any atom is 0.333 e. The van der Waals surface area contributed by atoms with Crippen LogP contribution in [0.25, 0.3) is 0 Å². The van der Waals surface area contributed by atoms with Crippen molar-refractivity contribution in [1.29, 1.82) is 0 Å². The highest BCUT2D eigenvalue weighted by Gasteiger charge is 2.38. The molecule has 0 bridgehead atoms. The lowest BCUT2D eigenvalue weighted by Gasteiger charge is -2.34. The summed E-state index contributed by atoms with van der Waals surface area (Å²) in [5, 5.41) is 10.4. The van der Waals surface area contributed by atoms with Crippen molar-refractivity contribution in [3.8, 4) is 0 Å². The fourth-order valence-electron chi connectivity index (χ4n) is 2.43. The van der Waals surface area contributed by atoms with Crippen LogP contribution in [-0.2, 0) is 28.6 Å². The summed E-state index contributed by atoms with van der Waals surface area (Å²) in [5.41, 5.74) is 0.252. The van der Waals surface area contributed by atoms with E-state index in [0.717, 1.165) is 19.1 Å². The lowest BCUT2D eigenvalue weighted by atomic mass is 9.92. The average Bonchev–Trinajstić information content (AvgIpc) is 2.46. The number of aliphatic hydroxyl groups excluding tert-OH is 1. The molecule has 1 N–H and O–H groups in total. The second-order valence-corrected chi connectivity index (χ2v) is 7.09. The molecule has 0 aromatic heterocycles. The largest absolute Gasteiger partial charge is 0.463 e. The summed E-state index contributed by atoms with van der Waals surface area (Å²) in [6.07, 6.45) is 0.654. The Balaban J connectivity index is 3.03. The minimum atomic E-state index is -3.78. The first-order chi connectivity index (χ1) is 10.7. The molecule has 0 amide bonds. The average molecular weight is 350 g/mol. The Kier molecular flexibility index (Phi) is 7.66. The van der Waals surface area contributed by atoms with Crippen molar-refractivity contribution < 1.29 is 32.0 Å². The number of aliphatic hydroxyl groups is 1. The van der Waals surface area contributed by atoms with Gasteiger partial charge in [0.2, 0.25) is 0 Å². The Morgan fingerprint density at radius 3 is 2.43 bits per heavy atom. The van der Waals surface area contributed by atoms with Gasteiger partial charge in [-0.2, -0.15) is 8.42 Å². The van der Waals surface area contributed by atoms with Gasteiger partial charge in [0.05, 0.1) is 19.0 Å². The first kappa shape index (κ1) is 20.1. The molecule has 0 heterocycles. The summed E-state index contributed by atoms with van der Waals surface area (Å²) in [6, 6.07) is 0. The second kappa shape index (κ2) is 8.77. The molecule has 0 saturated heterocycles. The third kappa shape index (κ3) is 6.21. The molecule has 1 aliphatic carbocycles. The Morgan fingerprint density at radius 1 is 1.35 bits per heavy atom. The molecule has 23 heavy (non-hydrogen) atoms. The van der Waals surface area contributed by atoms with Crippen LogP contribution in [0, 0.1) is 0 Å². The van der Waals surface area contributed by atoms with Crippen LogP contribution in [0.5, 0.6) is 0 Å². The molecule has 3 atom stereocenters. The van der Waals surface area contributed by atoms with Crippen LogP contribution in [0.15, 0.2) is 11.6 Å². The minimum Gasteiger partial charge on any atom is -0.463 e. The van der Waals surface area contributed by atoms with Crippen LogP contribution in [0.4, 0.5) is 0 Å². The van der Waals surface area contributed by atoms with E-state index in [1.54, 1.807) is 6.92 Å². The van der Waals surface area contributed by atoms with Crippen molar-refractivity contribution in [2.75, 3.05) is 12.9 Å². The molecular formula is C15H26O7S. The predicted molar refractivity (Wildman–Crippen MR) is 84.3 cm³/mol. The third-order valence-electron chi connectivity index (χ3n) is 3.60. The van der Waals surface area contributed by atoms with Gasteiger partial charge in [-0.1, -0.05) is 13.8 Å². The highest BCUT2D eigenvalue weighted by Crippen LogP contribution is 2.27. The number of rotatable bonds is 8. The zero-order valence-electron chi connectivity index (χ0n) is 14.0. The minimum absolute atomic E-state index is 0.0458. The Labute approximate surface area is 137 Å². The van der Waals surface area contributed by atoms with E-state index in [1.807, 2.05) is 13.8 Å². The summed E-state index contributed by atoms with van der Waals surface area (Å²) >= 11 is 0. The molecular weight excluding hydrogens is 324 g/mol. The summed E-state index contributed by atoms with van der Waals surface area (Å²) in [6.45, 7) is 5.78. The number of hydrogen-bond donors (Lipinski definition) is 1. The lowest BCUT2D eigenvalue weighted by Crippen LogP contribution is -2.46. The normalized spacial score (nSPS) is 25.3. The van der Waals surface area contributed by atoms with Crippen molar-refractivity contribution in [3.63, 3.8) is 0 Å². The molecule has 0 aliphatic heterocycles. The summed E-state index contributed by atoms with van der Waals surface area (Å²) in [7, 11) is -3.78. The number of carbonyl (C=O) groups excluding carboxylic acids is 1. The van der Waals surface area contributed by atoms with E-state index in [2.05, 4.69) is 0 Å². The van der Waals surface area contributed by atoms with E-state index < -0.39 is 34.4 Å². The van der Waals surface area contributed by atoms with Crippen LogP contribution in [0.2, 0.25) is 0 Å². The zero-order chi connectivity index (χ0) is 17.6. The van der Waals surface area contributed by atoms with Crippen LogP contribution in [-0.4, -0.2) is 56.8 Å². The quantitative estimate of drug-likeness (QED) is 0.518. The number of carbonyl (C=O) groups is 1. The van der Waals surface area contributed by atoms with Gasteiger partial charge >= 0.3 is 5.97 Å².